The molecule has 2 aromatic rings. The van der Waals surface area contributed by atoms with Crippen LogP contribution in [0.5, 0.6) is 5.75 Å². The smallest absolute Gasteiger partial charge is 0.130 e. The summed E-state index contributed by atoms with van der Waals surface area (Å²) in [5.41, 5.74) is 1.09. The Morgan fingerprint density at radius 3 is 2.57 bits per heavy atom. The van der Waals surface area contributed by atoms with Crippen LogP contribution in [0, 0.1) is 0 Å². The van der Waals surface area contributed by atoms with Gasteiger partial charge in [-0.3, -0.25) is 0 Å². The molecule has 1 aliphatic rings. The summed E-state index contributed by atoms with van der Waals surface area (Å²) in [6.07, 6.45) is 9.18. The predicted octanol–water partition coefficient (Wildman–Crippen LogP) is 3.91. The second-order valence-electron chi connectivity index (χ2n) is 5.81. The molecule has 0 aliphatic heterocycles. The third-order valence-corrected chi connectivity index (χ3v) is 4.09. The molecule has 1 fully saturated rings. The number of nitrogens with zero attached hydrogens (tertiary/aromatic N) is 2. The molecule has 3 rings (SSSR count). The molecule has 21 heavy (non-hydrogen) atoms. The van der Waals surface area contributed by atoms with Crippen molar-refractivity contribution in [2.24, 2.45) is 7.05 Å². The maximum absolute atomic E-state index is 5.98. The highest BCUT2D eigenvalue weighted by molar-refractivity contribution is 5.47. The number of aromatic nitrogens is 2. The molecule has 4 nitrogen and oxygen atoms in total. The number of ether oxygens (including phenoxy) is 1. The molecule has 1 unspecified atom stereocenters. The molecule has 0 spiro atoms. The Kier molecular flexibility index (Phi) is 4.13. The fraction of sp³-hybridized carbons (Fsp3) is 0.471. The average molecular weight is 285 g/mol. The highest BCUT2D eigenvalue weighted by Gasteiger charge is 2.16. The quantitative estimate of drug-likeness (QED) is 0.905. The third-order valence-electron chi connectivity index (χ3n) is 4.09. The first-order valence-electron chi connectivity index (χ1n) is 7.73. The Bertz CT molecular complexity index is 570. The normalized spacial score (nSPS) is 16.9. The van der Waals surface area contributed by atoms with E-state index in [0.717, 1.165) is 17.3 Å². The minimum Gasteiger partial charge on any atom is -0.490 e. The molecule has 1 aromatic carbocycles. The molecule has 1 atom stereocenters. The first kappa shape index (κ1) is 14.0. The zero-order chi connectivity index (χ0) is 14.7. The lowest BCUT2D eigenvalue weighted by Gasteiger charge is -2.16. The SMILES string of the molecule is CC(Nc1ccc(OC2CCCC2)cc1)c1nccn1C. The summed E-state index contributed by atoms with van der Waals surface area (Å²) in [5.74, 6) is 2.00. The Balaban J connectivity index is 1.60. The number of hydrogen-bond donors (Lipinski definition) is 1. The number of hydrogen-bond acceptors (Lipinski definition) is 3. The first-order chi connectivity index (χ1) is 10.2. The van der Waals surface area contributed by atoms with Gasteiger partial charge >= 0.3 is 0 Å². The van der Waals surface area contributed by atoms with Crippen LogP contribution in [0.2, 0.25) is 0 Å². The topological polar surface area (TPSA) is 39.1 Å². The van der Waals surface area contributed by atoms with Gasteiger partial charge in [0.15, 0.2) is 0 Å². The van der Waals surface area contributed by atoms with Gasteiger partial charge in [-0.1, -0.05) is 0 Å². The zero-order valence-electron chi connectivity index (χ0n) is 12.7. The molecule has 1 heterocycles. The highest BCUT2D eigenvalue weighted by atomic mass is 16.5. The van der Waals surface area contributed by atoms with Crippen molar-refractivity contribution in [3.05, 3.63) is 42.5 Å². The van der Waals surface area contributed by atoms with E-state index < -0.39 is 0 Å². The predicted molar refractivity (Wildman–Crippen MR) is 84.6 cm³/mol. The van der Waals surface area contributed by atoms with Crippen molar-refractivity contribution in [1.82, 2.24) is 9.55 Å². The second kappa shape index (κ2) is 6.20. The molecule has 0 saturated heterocycles. The van der Waals surface area contributed by atoms with Gasteiger partial charge in [-0.15, -0.1) is 0 Å². The van der Waals surface area contributed by atoms with Crippen LogP contribution in [0.4, 0.5) is 5.69 Å². The summed E-state index contributed by atoms with van der Waals surface area (Å²) in [7, 11) is 2.01. The van der Waals surface area contributed by atoms with Gasteiger partial charge in [0.05, 0.1) is 12.1 Å². The van der Waals surface area contributed by atoms with Gasteiger partial charge in [-0.2, -0.15) is 0 Å². The third kappa shape index (κ3) is 3.38. The molecular weight excluding hydrogens is 262 g/mol. The van der Waals surface area contributed by atoms with Gasteiger partial charge in [0, 0.05) is 25.1 Å². The van der Waals surface area contributed by atoms with E-state index in [1.165, 1.54) is 25.7 Å². The van der Waals surface area contributed by atoms with Crippen LogP contribution in [-0.4, -0.2) is 15.7 Å². The van der Waals surface area contributed by atoms with Crippen molar-refractivity contribution < 1.29 is 4.74 Å². The monoisotopic (exact) mass is 285 g/mol. The lowest BCUT2D eigenvalue weighted by Crippen LogP contribution is -2.12. The number of aryl methyl sites for hydroxylation is 1. The number of rotatable bonds is 5. The number of imidazole rings is 1. The molecule has 0 amide bonds. The molecule has 4 heteroatoms. The molecular formula is C17H23N3O. The first-order valence-corrected chi connectivity index (χ1v) is 7.73. The lowest BCUT2D eigenvalue weighted by molar-refractivity contribution is 0.210. The van der Waals surface area contributed by atoms with E-state index in [1.54, 1.807) is 0 Å². The van der Waals surface area contributed by atoms with E-state index >= 15 is 0 Å². The van der Waals surface area contributed by atoms with Gasteiger partial charge in [-0.25, -0.2) is 4.98 Å². The van der Waals surface area contributed by atoms with Crippen LogP contribution < -0.4 is 10.1 Å². The Hall–Kier alpha value is -1.97. The molecule has 1 saturated carbocycles. The fourth-order valence-corrected chi connectivity index (χ4v) is 2.94. The van der Waals surface area contributed by atoms with Crippen LogP contribution in [0.1, 0.15) is 44.5 Å². The average Bonchev–Trinajstić information content (AvgIpc) is 3.12. The van der Waals surface area contributed by atoms with E-state index in [1.807, 2.05) is 36.1 Å². The molecule has 1 aromatic heterocycles. The van der Waals surface area contributed by atoms with Gasteiger partial charge < -0.3 is 14.6 Å². The summed E-state index contributed by atoms with van der Waals surface area (Å²) in [6.45, 7) is 2.12. The molecule has 112 valence electrons. The lowest BCUT2D eigenvalue weighted by atomic mass is 10.2. The maximum atomic E-state index is 5.98. The molecule has 0 bridgehead atoms. The van der Waals surface area contributed by atoms with Crippen LogP contribution in [0.3, 0.4) is 0 Å². The fourth-order valence-electron chi connectivity index (χ4n) is 2.94. The largest absolute Gasteiger partial charge is 0.490 e. The van der Waals surface area contributed by atoms with Crippen LogP contribution in [0.15, 0.2) is 36.7 Å². The minimum atomic E-state index is 0.173. The van der Waals surface area contributed by atoms with Crippen molar-refractivity contribution in [1.29, 1.82) is 0 Å². The second-order valence-corrected chi connectivity index (χ2v) is 5.81. The van der Waals surface area contributed by atoms with E-state index in [-0.39, 0.29) is 6.04 Å². The molecule has 1 aliphatic carbocycles. The number of nitrogens with one attached hydrogen (secondary N) is 1. The Morgan fingerprint density at radius 2 is 1.95 bits per heavy atom. The van der Waals surface area contributed by atoms with E-state index in [0.29, 0.717) is 6.10 Å². The van der Waals surface area contributed by atoms with Gasteiger partial charge in [0.1, 0.15) is 11.6 Å². The van der Waals surface area contributed by atoms with Crippen LogP contribution >= 0.6 is 0 Å². The van der Waals surface area contributed by atoms with Crippen LogP contribution in [-0.2, 0) is 7.05 Å². The Labute approximate surface area is 126 Å². The van der Waals surface area contributed by atoms with Crippen molar-refractivity contribution in [3.8, 4) is 5.75 Å². The number of benzene rings is 1. The van der Waals surface area contributed by atoms with E-state index in [4.69, 9.17) is 4.74 Å². The standard InChI is InChI=1S/C17H23N3O/c1-13(17-18-11-12-20(17)2)19-14-7-9-16(10-8-14)21-15-5-3-4-6-15/h7-13,15,19H,3-6H2,1-2H3. The summed E-state index contributed by atoms with van der Waals surface area (Å²) in [6, 6.07) is 8.41. The maximum Gasteiger partial charge on any atom is 0.130 e. The molecule has 0 radical (unpaired) electrons. The van der Waals surface area contributed by atoms with Crippen molar-refractivity contribution in [2.45, 2.75) is 44.8 Å². The van der Waals surface area contributed by atoms with Crippen molar-refractivity contribution in [3.63, 3.8) is 0 Å². The van der Waals surface area contributed by atoms with Crippen molar-refractivity contribution >= 4 is 5.69 Å². The summed E-state index contributed by atoms with van der Waals surface area (Å²) < 4.78 is 8.02. The summed E-state index contributed by atoms with van der Waals surface area (Å²) in [5, 5.41) is 3.47. The van der Waals surface area contributed by atoms with Crippen LogP contribution in [0.25, 0.3) is 0 Å². The van der Waals surface area contributed by atoms with E-state index in [9.17, 15) is 0 Å². The van der Waals surface area contributed by atoms with E-state index in [2.05, 4.69) is 29.4 Å². The summed E-state index contributed by atoms with van der Waals surface area (Å²) >= 11 is 0. The number of anilines is 1. The van der Waals surface area contributed by atoms with Gasteiger partial charge in [0.25, 0.3) is 0 Å². The van der Waals surface area contributed by atoms with Gasteiger partial charge in [-0.05, 0) is 56.9 Å². The zero-order valence-corrected chi connectivity index (χ0v) is 12.7. The summed E-state index contributed by atoms with van der Waals surface area (Å²) in [4.78, 5) is 4.37. The van der Waals surface area contributed by atoms with Gasteiger partial charge in [0.2, 0.25) is 0 Å². The Morgan fingerprint density at radius 1 is 1.24 bits per heavy atom. The van der Waals surface area contributed by atoms with Crippen molar-refractivity contribution in [2.75, 3.05) is 5.32 Å². The highest BCUT2D eigenvalue weighted by Crippen LogP contribution is 2.26. The molecule has 1 N–H and O–H groups in total. The minimum absolute atomic E-state index is 0.173.